The molecule has 1 amide bonds. The molecule has 0 heterocycles. The van der Waals surface area contributed by atoms with Gasteiger partial charge in [0.1, 0.15) is 11.5 Å². The number of hydrogen-bond acceptors (Lipinski definition) is 4. The van der Waals surface area contributed by atoms with Crippen molar-refractivity contribution in [3.05, 3.63) is 23.8 Å². The summed E-state index contributed by atoms with van der Waals surface area (Å²) in [6.45, 7) is -4.77. The van der Waals surface area contributed by atoms with Gasteiger partial charge in [-0.05, 0) is 31.9 Å². The molecule has 5 nitrogen and oxygen atoms in total. The number of hydrogen-bond donors (Lipinski definition) is 1. The van der Waals surface area contributed by atoms with Gasteiger partial charge < -0.3 is 9.47 Å². The normalized spacial score (nSPS) is 15.0. The quantitative estimate of drug-likeness (QED) is 0.473. The number of nitrogens with one attached hydrogen (secondary N) is 1. The summed E-state index contributed by atoms with van der Waals surface area (Å²) in [5.74, 6) is -1.02. The predicted octanol–water partition coefficient (Wildman–Crippen LogP) is 3.14. The molecule has 0 aromatic heterocycles. The van der Waals surface area contributed by atoms with Crippen molar-refractivity contribution in [2.45, 2.75) is 33.0 Å². The fourth-order valence-corrected chi connectivity index (χ4v) is 1.81. The van der Waals surface area contributed by atoms with E-state index in [1.807, 2.05) is 0 Å². The number of nitrogens with zero attached hydrogens (tertiary/aromatic N) is 1. The third-order valence-electron chi connectivity index (χ3n) is 3.07. The molecule has 1 N–H and O–H groups in total. The Morgan fingerprint density at radius 3 is 2.43 bits per heavy atom. The van der Waals surface area contributed by atoms with E-state index in [4.69, 9.17) is 0 Å². The highest BCUT2D eigenvalue weighted by molar-refractivity contribution is 6.01. The second-order valence-electron chi connectivity index (χ2n) is 4.86. The first kappa shape index (κ1) is 17.0. The van der Waals surface area contributed by atoms with Crippen LogP contribution in [0.4, 0.5) is 17.6 Å². The Morgan fingerprint density at radius 2 is 1.87 bits per heavy atom. The number of hydrazone groups is 1. The number of rotatable bonds is 7. The Morgan fingerprint density at radius 1 is 1.22 bits per heavy atom. The molecular weight excluding hydrogens is 320 g/mol. The minimum atomic E-state index is -3.15. The summed E-state index contributed by atoms with van der Waals surface area (Å²) in [4.78, 5) is 11.5. The molecule has 1 aliphatic rings. The molecule has 2 rings (SSSR count). The Labute approximate surface area is 129 Å². The Kier molecular flexibility index (Phi) is 5.41. The zero-order valence-electron chi connectivity index (χ0n) is 12.1. The van der Waals surface area contributed by atoms with Crippen LogP contribution in [0.5, 0.6) is 11.5 Å². The van der Waals surface area contributed by atoms with Crippen LogP contribution in [0, 0.1) is 5.92 Å². The smallest absolute Gasteiger partial charge is 0.387 e. The van der Waals surface area contributed by atoms with Crippen LogP contribution in [0.15, 0.2) is 23.3 Å². The van der Waals surface area contributed by atoms with E-state index in [1.54, 1.807) is 0 Å². The van der Waals surface area contributed by atoms with E-state index in [0.717, 1.165) is 18.9 Å². The molecule has 1 fully saturated rings. The van der Waals surface area contributed by atoms with Crippen molar-refractivity contribution >= 4 is 11.6 Å². The lowest BCUT2D eigenvalue weighted by Gasteiger charge is -2.13. The van der Waals surface area contributed by atoms with Gasteiger partial charge in [0.15, 0.2) is 0 Å². The van der Waals surface area contributed by atoms with Crippen molar-refractivity contribution in [1.82, 2.24) is 5.43 Å². The highest BCUT2D eigenvalue weighted by Crippen LogP contribution is 2.29. The van der Waals surface area contributed by atoms with E-state index in [2.05, 4.69) is 20.0 Å². The summed E-state index contributed by atoms with van der Waals surface area (Å²) in [5, 5.41) is 3.82. The molecule has 0 atom stereocenters. The summed E-state index contributed by atoms with van der Waals surface area (Å²) >= 11 is 0. The molecule has 1 aromatic carbocycles. The van der Waals surface area contributed by atoms with Gasteiger partial charge in [-0.25, -0.2) is 5.43 Å². The molecule has 0 aliphatic heterocycles. The Balaban J connectivity index is 2.20. The standard InChI is InChI=1S/C14H14F4N2O3/c1-7(19-20-12(21)8-2-3-8)10-5-4-9(22-13(15)16)6-11(10)23-14(17)18/h4-6,8,13-14H,2-3H2,1H3,(H,20,21)/b19-7-. The van der Waals surface area contributed by atoms with Gasteiger partial charge in [-0.15, -0.1) is 0 Å². The van der Waals surface area contributed by atoms with Crippen LogP contribution in [0.2, 0.25) is 0 Å². The summed E-state index contributed by atoms with van der Waals surface area (Å²) < 4.78 is 57.7. The average Bonchev–Trinajstić information content (AvgIpc) is 3.28. The lowest BCUT2D eigenvalue weighted by Crippen LogP contribution is -2.21. The fraction of sp³-hybridized carbons (Fsp3) is 0.429. The lowest BCUT2D eigenvalue weighted by molar-refractivity contribution is -0.122. The van der Waals surface area contributed by atoms with E-state index in [9.17, 15) is 22.4 Å². The predicted molar refractivity (Wildman–Crippen MR) is 72.8 cm³/mol. The molecule has 9 heteroatoms. The van der Waals surface area contributed by atoms with Crippen LogP contribution in [0.3, 0.4) is 0 Å². The second-order valence-corrected chi connectivity index (χ2v) is 4.86. The summed E-state index contributed by atoms with van der Waals surface area (Å²) in [6, 6.07) is 3.33. The molecule has 0 unspecified atom stereocenters. The largest absolute Gasteiger partial charge is 0.435 e. The summed E-state index contributed by atoms with van der Waals surface area (Å²) in [6.07, 6.45) is 1.58. The molecule has 0 saturated heterocycles. The highest BCUT2D eigenvalue weighted by Gasteiger charge is 2.29. The topological polar surface area (TPSA) is 59.9 Å². The summed E-state index contributed by atoms with van der Waals surface area (Å²) in [5.41, 5.74) is 2.65. The van der Waals surface area contributed by atoms with Gasteiger partial charge in [0.25, 0.3) is 0 Å². The van der Waals surface area contributed by atoms with Gasteiger partial charge >= 0.3 is 13.2 Å². The Bertz CT molecular complexity index is 604. The van der Waals surface area contributed by atoms with E-state index in [0.29, 0.717) is 0 Å². The number of ether oxygens (including phenoxy) is 2. The zero-order valence-corrected chi connectivity index (χ0v) is 12.1. The lowest BCUT2D eigenvalue weighted by atomic mass is 10.1. The molecule has 0 bridgehead atoms. The molecule has 1 aliphatic carbocycles. The van der Waals surface area contributed by atoms with Gasteiger partial charge in [-0.1, -0.05) is 0 Å². The zero-order chi connectivity index (χ0) is 17.0. The average molecular weight is 334 g/mol. The Hall–Kier alpha value is -2.32. The van der Waals surface area contributed by atoms with E-state index in [1.165, 1.54) is 19.1 Å². The molecule has 23 heavy (non-hydrogen) atoms. The minimum absolute atomic E-state index is 0.0647. The van der Waals surface area contributed by atoms with Gasteiger partial charge in [0.2, 0.25) is 5.91 Å². The molecule has 0 spiro atoms. The number of alkyl halides is 4. The van der Waals surface area contributed by atoms with Crippen LogP contribution in [0.25, 0.3) is 0 Å². The van der Waals surface area contributed by atoms with Crippen molar-refractivity contribution in [2.75, 3.05) is 0 Å². The highest BCUT2D eigenvalue weighted by atomic mass is 19.3. The number of halogens is 4. The molecule has 0 radical (unpaired) electrons. The first-order valence-electron chi connectivity index (χ1n) is 6.75. The second kappa shape index (κ2) is 7.30. The van der Waals surface area contributed by atoms with Gasteiger partial charge in [0, 0.05) is 17.5 Å². The maximum atomic E-state index is 12.5. The van der Waals surface area contributed by atoms with Crippen LogP contribution < -0.4 is 14.9 Å². The van der Waals surface area contributed by atoms with Crippen LogP contribution >= 0.6 is 0 Å². The monoisotopic (exact) mass is 334 g/mol. The van der Waals surface area contributed by atoms with Crippen LogP contribution in [0.1, 0.15) is 25.3 Å². The molecular formula is C14H14F4N2O3. The van der Waals surface area contributed by atoms with Crippen molar-refractivity contribution in [2.24, 2.45) is 11.0 Å². The number of carbonyl (C=O) groups is 1. The first-order valence-corrected chi connectivity index (χ1v) is 6.75. The van der Waals surface area contributed by atoms with Crippen LogP contribution in [-0.2, 0) is 4.79 Å². The number of benzene rings is 1. The molecule has 1 aromatic rings. The van der Waals surface area contributed by atoms with Gasteiger partial charge in [-0.2, -0.15) is 22.7 Å². The van der Waals surface area contributed by atoms with E-state index < -0.39 is 13.2 Å². The summed E-state index contributed by atoms with van der Waals surface area (Å²) in [7, 11) is 0. The third-order valence-corrected chi connectivity index (χ3v) is 3.07. The van der Waals surface area contributed by atoms with Gasteiger partial charge in [0.05, 0.1) is 5.71 Å². The maximum absolute atomic E-state index is 12.5. The van der Waals surface area contributed by atoms with Crippen molar-refractivity contribution in [3.63, 3.8) is 0 Å². The van der Waals surface area contributed by atoms with Crippen molar-refractivity contribution in [3.8, 4) is 11.5 Å². The first-order chi connectivity index (χ1) is 10.9. The fourth-order valence-electron chi connectivity index (χ4n) is 1.81. The van der Waals surface area contributed by atoms with E-state index in [-0.39, 0.29) is 34.6 Å². The molecule has 126 valence electrons. The van der Waals surface area contributed by atoms with Crippen LogP contribution in [-0.4, -0.2) is 24.8 Å². The number of carbonyl (C=O) groups excluding carboxylic acids is 1. The third kappa shape index (κ3) is 5.11. The number of amides is 1. The van der Waals surface area contributed by atoms with Crippen molar-refractivity contribution in [1.29, 1.82) is 0 Å². The van der Waals surface area contributed by atoms with E-state index >= 15 is 0 Å². The SMILES string of the molecule is C/C(=N/NC(=O)C1CC1)c1ccc(OC(F)F)cc1OC(F)F. The van der Waals surface area contributed by atoms with Gasteiger partial charge in [-0.3, -0.25) is 4.79 Å². The minimum Gasteiger partial charge on any atom is -0.435 e. The molecule has 1 saturated carbocycles. The van der Waals surface area contributed by atoms with Crippen molar-refractivity contribution < 1.29 is 31.8 Å². The maximum Gasteiger partial charge on any atom is 0.387 e.